The van der Waals surface area contributed by atoms with Crippen molar-refractivity contribution in [2.24, 2.45) is 0 Å². The first-order valence-corrected chi connectivity index (χ1v) is 5.23. The van der Waals surface area contributed by atoms with E-state index in [1.54, 1.807) is 12.4 Å². The molecule has 3 rings (SSSR count). The average Bonchev–Trinajstić information content (AvgIpc) is 3.00. The minimum absolute atomic E-state index is 1.03. The number of hydrogen-bond donors (Lipinski definition) is 1. The van der Waals surface area contributed by atoms with Gasteiger partial charge >= 0.3 is 0 Å². The van der Waals surface area contributed by atoms with Gasteiger partial charge in [0.1, 0.15) is 0 Å². The summed E-state index contributed by atoms with van der Waals surface area (Å²) in [6.07, 6.45) is 5.04. The molecule has 17 heavy (non-hydrogen) atoms. The van der Waals surface area contributed by atoms with Crippen molar-refractivity contribution in [3.8, 4) is 11.3 Å². The third-order valence-corrected chi connectivity index (χ3v) is 2.07. The maximum Gasteiger partial charge on any atom is 0.0701 e. The summed E-state index contributed by atoms with van der Waals surface area (Å²) in [6.45, 7) is 0. The summed E-state index contributed by atoms with van der Waals surface area (Å²) >= 11 is 0. The first kappa shape index (κ1) is 11.0. The summed E-state index contributed by atoms with van der Waals surface area (Å²) in [5, 5.41) is 9.26. The predicted octanol–water partition coefficient (Wildman–Crippen LogP) is 2.55. The maximum absolute atomic E-state index is 4.25. The normalized spacial score (nSPS) is 9.18. The predicted molar refractivity (Wildman–Crippen MR) is 66.1 cm³/mol. The van der Waals surface area contributed by atoms with Crippen LogP contribution in [0.4, 0.5) is 0 Å². The van der Waals surface area contributed by atoms with Crippen LogP contribution in [-0.2, 0) is 0 Å². The Labute approximate surface area is 99.4 Å². The Morgan fingerprint density at radius 1 is 0.824 bits per heavy atom. The zero-order chi connectivity index (χ0) is 11.8. The molecule has 0 saturated carbocycles. The molecule has 0 aliphatic heterocycles. The summed E-state index contributed by atoms with van der Waals surface area (Å²) < 4.78 is 0. The highest BCUT2D eigenvalue weighted by atomic mass is 15.3. The van der Waals surface area contributed by atoms with Gasteiger partial charge in [0.25, 0.3) is 0 Å². The summed E-state index contributed by atoms with van der Waals surface area (Å²) in [6, 6.07) is 16.1. The average molecular weight is 224 g/mol. The quantitative estimate of drug-likeness (QED) is 0.691. The zero-order valence-corrected chi connectivity index (χ0v) is 9.19. The summed E-state index contributed by atoms with van der Waals surface area (Å²) in [7, 11) is 0. The number of rotatable bonds is 1. The van der Waals surface area contributed by atoms with Crippen molar-refractivity contribution in [2.75, 3.05) is 0 Å². The number of aromatic nitrogens is 4. The van der Waals surface area contributed by atoms with E-state index < -0.39 is 0 Å². The van der Waals surface area contributed by atoms with Crippen molar-refractivity contribution in [1.29, 1.82) is 0 Å². The molecule has 2 aromatic heterocycles. The Morgan fingerprint density at radius 3 is 2.18 bits per heavy atom. The van der Waals surface area contributed by atoms with Crippen molar-refractivity contribution in [3.63, 3.8) is 0 Å². The van der Waals surface area contributed by atoms with E-state index in [9.17, 15) is 0 Å². The fourth-order valence-corrected chi connectivity index (χ4v) is 1.31. The highest BCUT2D eigenvalue weighted by Crippen LogP contribution is 2.14. The molecule has 84 valence electrons. The lowest BCUT2D eigenvalue weighted by molar-refractivity contribution is 0.940. The third kappa shape index (κ3) is 3.53. The molecule has 0 radical (unpaired) electrons. The SMILES string of the molecule is c1c[nH]nn1.c1ccc(-c2ccccn2)cc1. The zero-order valence-electron chi connectivity index (χ0n) is 9.19. The van der Waals surface area contributed by atoms with Crippen LogP contribution in [0.1, 0.15) is 0 Å². The second-order valence-corrected chi connectivity index (χ2v) is 3.24. The lowest BCUT2D eigenvalue weighted by Gasteiger charge is -1.97. The Balaban J connectivity index is 0.000000181. The largest absolute Gasteiger partial charge is 0.266 e. The van der Waals surface area contributed by atoms with Gasteiger partial charge in [-0.25, -0.2) is 0 Å². The van der Waals surface area contributed by atoms with E-state index in [0.29, 0.717) is 0 Å². The summed E-state index contributed by atoms with van der Waals surface area (Å²) in [5.74, 6) is 0. The maximum atomic E-state index is 4.25. The molecule has 4 heteroatoms. The standard InChI is InChI=1S/C11H9N.C2H3N3/c1-2-6-10(7-3-1)11-8-4-5-9-12-11;1-2-4-5-3-1/h1-9H;1-2H,(H,3,4,5). The molecule has 4 nitrogen and oxygen atoms in total. The molecule has 1 N–H and O–H groups in total. The molecule has 0 bridgehead atoms. The second kappa shape index (κ2) is 6.17. The van der Waals surface area contributed by atoms with E-state index in [0.717, 1.165) is 11.3 Å². The number of H-pyrrole nitrogens is 1. The monoisotopic (exact) mass is 224 g/mol. The lowest BCUT2D eigenvalue weighted by atomic mass is 10.1. The molecule has 1 aromatic carbocycles. The van der Waals surface area contributed by atoms with Gasteiger partial charge in [-0.05, 0) is 12.1 Å². The van der Waals surface area contributed by atoms with E-state index >= 15 is 0 Å². The number of nitrogens with zero attached hydrogens (tertiary/aromatic N) is 3. The number of pyridine rings is 1. The first-order chi connectivity index (χ1) is 8.47. The number of nitrogens with one attached hydrogen (secondary N) is 1. The second-order valence-electron chi connectivity index (χ2n) is 3.24. The molecule has 0 atom stereocenters. The van der Waals surface area contributed by atoms with Gasteiger partial charge in [0.05, 0.1) is 11.9 Å². The van der Waals surface area contributed by atoms with Crippen LogP contribution in [0.3, 0.4) is 0 Å². The van der Waals surface area contributed by atoms with Crippen LogP contribution >= 0.6 is 0 Å². The number of hydrogen-bond acceptors (Lipinski definition) is 3. The van der Waals surface area contributed by atoms with Crippen molar-refractivity contribution in [1.82, 2.24) is 20.4 Å². The van der Waals surface area contributed by atoms with E-state index in [2.05, 4.69) is 32.5 Å². The van der Waals surface area contributed by atoms with Crippen LogP contribution in [0, 0.1) is 0 Å². The number of aromatic amines is 1. The number of benzene rings is 1. The van der Waals surface area contributed by atoms with Crippen LogP contribution in [0.25, 0.3) is 11.3 Å². The minimum Gasteiger partial charge on any atom is -0.266 e. The van der Waals surface area contributed by atoms with Gasteiger partial charge in [0, 0.05) is 18.0 Å². The Bertz CT molecular complexity index is 451. The first-order valence-electron chi connectivity index (χ1n) is 5.23. The van der Waals surface area contributed by atoms with Gasteiger partial charge in [0.15, 0.2) is 0 Å². The van der Waals surface area contributed by atoms with Crippen molar-refractivity contribution >= 4 is 0 Å². The molecule has 0 amide bonds. The van der Waals surface area contributed by atoms with Gasteiger partial charge in [-0.3, -0.25) is 10.1 Å². The van der Waals surface area contributed by atoms with Crippen LogP contribution in [0.2, 0.25) is 0 Å². The molecule has 0 aliphatic rings. The smallest absolute Gasteiger partial charge is 0.0701 e. The third-order valence-electron chi connectivity index (χ3n) is 2.07. The van der Waals surface area contributed by atoms with E-state index in [1.807, 2.05) is 42.6 Å². The lowest BCUT2D eigenvalue weighted by Crippen LogP contribution is -1.79. The van der Waals surface area contributed by atoms with Crippen molar-refractivity contribution in [2.45, 2.75) is 0 Å². The minimum atomic E-state index is 1.03. The molecular weight excluding hydrogens is 212 g/mol. The van der Waals surface area contributed by atoms with Crippen molar-refractivity contribution < 1.29 is 0 Å². The van der Waals surface area contributed by atoms with Crippen molar-refractivity contribution in [3.05, 3.63) is 67.1 Å². The molecule has 3 aromatic rings. The molecule has 0 aliphatic carbocycles. The summed E-state index contributed by atoms with van der Waals surface area (Å²) in [4.78, 5) is 4.25. The Hall–Kier alpha value is -2.49. The van der Waals surface area contributed by atoms with Gasteiger partial charge in [-0.15, -0.1) is 5.10 Å². The van der Waals surface area contributed by atoms with Crippen LogP contribution in [0.5, 0.6) is 0 Å². The fraction of sp³-hybridized carbons (Fsp3) is 0. The topological polar surface area (TPSA) is 54.5 Å². The molecule has 0 spiro atoms. The highest BCUT2D eigenvalue weighted by molar-refractivity contribution is 5.58. The molecule has 0 unspecified atom stereocenters. The van der Waals surface area contributed by atoms with Gasteiger partial charge in [-0.1, -0.05) is 41.6 Å². The van der Waals surface area contributed by atoms with E-state index in [4.69, 9.17) is 0 Å². The molecular formula is C13H12N4. The van der Waals surface area contributed by atoms with Gasteiger partial charge < -0.3 is 0 Å². The molecule has 2 heterocycles. The molecule has 0 fully saturated rings. The molecule has 0 saturated heterocycles. The van der Waals surface area contributed by atoms with E-state index in [-0.39, 0.29) is 0 Å². The summed E-state index contributed by atoms with van der Waals surface area (Å²) in [5.41, 5.74) is 2.19. The Morgan fingerprint density at radius 2 is 1.65 bits per heavy atom. The van der Waals surface area contributed by atoms with Crippen LogP contribution in [-0.4, -0.2) is 20.4 Å². The van der Waals surface area contributed by atoms with Gasteiger partial charge in [0.2, 0.25) is 0 Å². The van der Waals surface area contributed by atoms with E-state index in [1.165, 1.54) is 0 Å². The highest BCUT2D eigenvalue weighted by Gasteiger charge is 1.93. The fourth-order valence-electron chi connectivity index (χ4n) is 1.31. The Kier molecular flexibility index (Phi) is 4.00. The van der Waals surface area contributed by atoms with Crippen LogP contribution < -0.4 is 0 Å². The van der Waals surface area contributed by atoms with Crippen LogP contribution in [0.15, 0.2) is 67.1 Å². The van der Waals surface area contributed by atoms with Gasteiger partial charge in [-0.2, -0.15) is 0 Å².